The topological polar surface area (TPSA) is 136 Å². The molecule has 45 heavy (non-hydrogen) atoms. The summed E-state index contributed by atoms with van der Waals surface area (Å²) in [6.07, 6.45) is -3.24. The molecule has 2 aromatic heterocycles. The second-order valence-electron chi connectivity index (χ2n) is 14.8. The van der Waals surface area contributed by atoms with E-state index in [0.717, 1.165) is 16.1 Å². The summed E-state index contributed by atoms with van der Waals surface area (Å²) >= 11 is 10.3. The van der Waals surface area contributed by atoms with Gasteiger partial charge in [-0.1, -0.05) is 101 Å². The van der Waals surface area contributed by atoms with E-state index in [-0.39, 0.29) is 12.6 Å². The highest BCUT2D eigenvalue weighted by atomic mass is 79.9. The highest BCUT2D eigenvalue weighted by molar-refractivity contribution is 9.10. The molecule has 248 valence electrons. The van der Waals surface area contributed by atoms with Crippen LogP contribution in [0.5, 0.6) is 6.01 Å². The first-order valence-electron chi connectivity index (χ1n) is 15.0. The molecular formula is C31H45BrClN3O7Si2. The van der Waals surface area contributed by atoms with Crippen molar-refractivity contribution in [3.05, 3.63) is 40.4 Å². The number of pyridine rings is 1. The van der Waals surface area contributed by atoms with Gasteiger partial charge >= 0.3 is 14.5 Å². The summed E-state index contributed by atoms with van der Waals surface area (Å²) in [5.41, 5.74) is 2.36. The number of ether oxygens (including phenoxy) is 3. The molecular weight excluding hydrogens is 698 g/mol. The van der Waals surface area contributed by atoms with Crippen LogP contribution in [0.15, 0.2) is 34.8 Å². The lowest BCUT2D eigenvalue weighted by molar-refractivity contribution is -0.151. The number of H-pyrrole nitrogens is 1. The second kappa shape index (κ2) is 13.3. The molecule has 3 N–H and O–H groups in total. The zero-order valence-electron chi connectivity index (χ0n) is 27.4. The van der Waals surface area contributed by atoms with Crippen LogP contribution in [0.25, 0.3) is 22.4 Å². The largest absolute Gasteiger partial charge is 0.479 e. The normalized spacial score (nSPS) is 20.5. The molecule has 10 nitrogen and oxygen atoms in total. The summed E-state index contributed by atoms with van der Waals surface area (Å²) in [6.45, 7) is 18.7. The van der Waals surface area contributed by atoms with E-state index in [4.69, 9.17) is 35.2 Å². The van der Waals surface area contributed by atoms with Crippen LogP contribution in [0.2, 0.25) is 35.8 Å². The number of alkyl halides is 1. The minimum absolute atomic E-state index is 0.0606. The number of carboxylic acid groups (broad SMARTS) is 1. The van der Waals surface area contributed by atoms with Gasteiger partial charge in [-0.25, -0.2) is 9.78 Å². The predicted octanol–water partition coefficient (Wildman–Crippen LogP) is 7.63. The van der Waals surface area contributed by atoms with Crippen LogP contribution in [-0.4, -0.2) is 79.0 Å². The lowest BCUT2D eigenvalue weighted by atomic mass is 10.1. The molecule has 1 saturated heterocycles. The molecule has 1 aliphatic heterocycles. The monoisotopic (exact) mass is 741 g/mol. The van der Waals surface area contributed by atoms with Gasteiger partial charge in [-0.05, 0) is 24.2 Å². The molecule has 3 heterocycles. The third-order valence-corrected chi connectivity index (χ3v) is 15.2. The molecule has 4 rings (SSSR count). The van der Waals surface area contributed by atoms with E-state index in [1.54, 1.807) is 0 Å². The molecule has 0 bridgehead atoms. The standard InChI is InChI=1S/C31H45BrClN3O7Si2/c1-30(2,3)45(39,31(4,5)6)43-24-22(17-41-25(24)28(37)38)42-29-34-21-16-20(26(33)40-14-15-44(7,8)9)23(35-27(21)36-29)18-10-12-19(32)13-11-18/h10-13,16,22,24-26,39H,14-15,17H2,1-9H3,(H,37,38)(H,34,35,36)/t22-,24+,25+,26?/m1/s1. The van der Waals surface area contributed by atoms with Crippen LogP contribution in [-0.2, 0) is 18.7 Å². The highest BCUT2D eigenvalue weighted by Gasteiger charge is 2.60. The number of aromatic nitrogens is 3. The number of hydrogen-bond acceptors (Lipinski definition) is 8. The molecule has 1 aliphatic rings. The summed E-state index contributed by atoms with van der Waals surface area (Å²) in [7, 11) is -4.91. The average Bonchev–Trinajstić information content (AvgIpc) is 3.49. The quantitative estimate of drug-likeness (QED) is 0.134. The molecule has 14 heteroatoms. The summed E-state index contributed by atoms with van der Waals surface area (Å²) in [4.78, 5) is 36.7. The van der Waals surface area contributed by atoms with Crippen molar-refractivity contribution in [1.82, 2.24) is 15.0 Å². The van der Waals surface area contributed by atoms with Crippen molar-refractivity contribution in [3.8, 4) is 17.3 Å². The average molecular weight is 743 g/mol. The smallest absolute Gasteiger partial charge is 0.347 e. The van der Waals surface area contributed by atoms with Crippen molar-refractivity contribution in [1.29, 1.82) is 0 Å². The van der Waals surface area contributed by atoms with Gasteiger partial charge in [0.25, 0.3) is 6.01 Å². The van der Waals surface area contributed by atoms with Gasteiger partial charge in [-0.3, -0.25) is 0 Å². The van der Waals surface area contributed by atoms with Gasteiger partial charge in [0.15, 0.2) is 23.4 Å². The van der Waals surface area contributed by atoms with E-state index in [0.29, 0.717) is 29.0 Å². The first-order valence-corrected chi connectivity index (χ1v) is 21.8. The number of fused-ring (bicyclic) bond motifs is 1. The maximum atomic E-state index is 12.2. The third-order valence-electron chi connectivity index (χ3n) is 7.91. The number of aliphatic carboxylic acids is 1. The summed E-state index contributed by atoms with van der Waals surface area (Å²) in [5, 5.41) is 8.69. The number of nitrogens with zero attached hydrogens (tertiary/aromatic N) is 2. The Kier molecular flexibility index (Phi) is 10.7. The molecule has 0 amide bonds. The fourth-order valence-electron chi connectivity index (χ4n) is 5.41. The van der Waals surface area contributed by atoms with E-state index in [1.807, 2.05) is 71.9 Å². The van der Waals surface area contributed by atoms with Crippen molar-refractivity contribution in [2.45, 2.75) is 101 Å². The Hall–Kier alpha value is -1.85. The first-order chi connectivity index (χ1) is 20.7. The number of imidazole rings is 1. The lowest BCUT2D eigenvalue weighted by Crippen LogP contribution is -2.60. The summed E-state index contributed by atoms with van der Waals surface area (Å²) in [6, 6.07) is 10.7. The van der Waals surface area contributed by atoms with Crippen molar-refractivity contribution in [2.24, 2.45) is 0 Å². The Balaban J connectivity index is 1.69. The minimum atomic E-state index is -3.58. The zero-order chi connectivity index (χ0) is 33.5. The fourth-order valence-corrected chi connectivity index (χ4v) is 10.3. The fraction of sp³-hybridized carbons (Fsp3) is 0.581. The van der Waals surface area contributed by atoms with E-state index in [1.165, 1.54) is 0 Å². The Morgan fingerprint density at radius 3 is 2.31 bits per heavy atom. The summed E-state index contributed by atoms with van der Waals surface area (Å²) < 4.78 is 25.3. The van der Waals surface area contributed by atoms with Crippen molar-refractivity contribution >= 4 is 61.3 Å². The van der Waals surface area contributed by atoms with Gasteiger partial charge in [0.1, 0.15) is 6.10 Å². The van der Waals surface area contributed by atoms with Crippen molar-refractivity contribution in [3.63, 3.8) is 0 Å². The first kappa shape index (κ1) is 36.0. The maximum absolute atomic E-state index is 12.2. The SMILES string of the molecule is CC(C)(C)[Si](O)(O[C@@H]1[C@@H](C(=O)O)OC[C@H]1Oc1nc2nc(-c3ccc(Br)cc3)c(C(Cl)OCC[Si](C)(C)C)cc2[nH]1)C(C)(C)C. The molecule has 1 fully saturated rings. The molecule has 0 saturated carbocycles. The van der Waals surface area contributed by atoms with Crippen LogP contribution in [0.1, 0.15) is 52.7 Å². The van der Waals surface area contributed by atoms with Gasteiger partial charge < -0.3 is 33.5 Å². The van der Waals surface area contributed by atoms with Crippen LogP contribution in [0, 0.1) is 0 Å². The van der Waals surface area contributed by atoms with Crippen LogP contribution in [0.4, 0.5) is 0 Å². The second-order valence-corrected chi connectivity index (χ2v) is 26.3. The molecule has 1 unspecified atom stereocenters. The van der Waals surface area contributed by atoms with Gasteiger partial charge in [0, 0.05) is 40.4 Å². The number of aromatic amines is 1. The van der Waals surface area contributed by atoms with E-state index in [9.17, 15) is 14.7 Å². The Morgan fingerprint density at radius 1 is 1.13 bits per heavy atom. The molecule has 4 atom stereocenters. The molecule has 0 radical (unpaired) electrons. The summed E-state index contributed by atoms with van der Waals surface area (Å²) in [5.74, 6) is -1.19. The van der Waals surface area contributed by atoms with Crippen LogP contribution < -0.4 is 4.74 Å². The third kappa shape index (κ3) is 8.18. The number of halogens is 2. The van der Waals surface area contributed by atoms with Gasteiger partial charge in [0.2, 0.25) is 0 Å². The van der Waals surface area contributed by atoms with Crippen LogP contribution >= 0.6 is 27.5 Å². The predicted molar refractivity (Wildman–Crippen MR) is 184 cm³/mol. The molecule has 0 aliphatic carbocycles. The van der Waals surface area contributed by atoms with E-state index >= 15 is 0 Å². The van der Waals surface area contributed by atoms with E-state index < -0.39 is 56.6 Å². The number of rotatable bonds is 11. The molecule has 3 aromatic rings. The van der Waals surface area contributed by atoms with Crippen molar-refractivity contribution in [2.75, 3.05) is 13.2 Å². The number of carboxylic acids is 1. The number of nitrogens with one attached hydrogen (secondary N) is 1. The molecule has 1 aromatic carbocycles. The van der Waals surface area contributed by atoms with Gasteiger partial charge in [0.05, 0.1) is 17.8 Å². The Labute approximate surface area is 280 Å². The highest BCUT2D eigenvalue weighted by Crippen LogP contribution is 2.51. The number of hydrogen-bond donors (Lipinski definition) is 3. The van der Waals surface area contributed by atoms with Gasteiger partial charge in [-0.15, -0.1) is 0 Å². The van der Waals surface area contributed by atoms with Crippen LogP contribution in [0.3, 0.4) is 0 Å². The Morgan fingerprint density at radius 2 is 1.76 bits per heavy atom. The lowest BCUT2D eigenvalue weighted by Gasteiger charge is -2.47. The zero-order valence-corrected chi connectivity index (χ0v) is 31.7. The number of carbonyl (C=O) groups is 1. The Bertz CT molecular complexity index is 1490. The van der Waals surface area contributed by atoms with Gasteiger partial charge in [-0.2, -0.15) is 4.98 Å². The minimum Gasteiger partial charge on any atom is -0.479 e. The van der Waals surface area contributed by atoms with E-state index in [2.05, 4.69) is 45.5 Å². The van der Waals surface area contributed by atoms with Crippen molar-refractivity contribution < 1.29 is 33.3 Å². The molecule has 0 spiro atoms. The maximum Gasteiger partial charge on any atom is 0.347 e. The number of benzene rings is 1.